The van der Waals surface area contributed by atoms with Crippen LogP contribution in [0.1, 0.15) is 41.5 Å². The summed E-state index contributed by atoms with van der Waals surface area (Å²) in [6, 6.07) is 5.73. The summed E-state index contributed by atoms with van der Waals surface area (Å²) in [5.74, 6) is -2.59. The van der Waals surface area contributed by atoms with Gasteiger partial charge in [0.05, 0.1) is 11.1 Å². The molecule has 118 valence electrons. The number of hydrogen-bond donors (Lipinski definition) is 1. The zero-order chi connectivity index (χ0) is 16.9. The first kappa shape index (κ1) is 17.4. The smallest absolute Gasteiger partial charge is 0.339 e. The highest BCUT2D eigenvalue weighted by Crippen LogP contribution is 2.14. The molecule has 0 saturated carbocycles. The van der Waals surface area contributed by atoms with Crippen molar-refractivity contribution in [1.82, 2.24) is 0 Å². The largest absolute Gasteiger partial charge is 0.478 e. The Kier molecular flexibility index (Phi) is 5.86. The van der Waals surface area contributed by atoms with Crippen molar-refractivity contribution in [2.75, 3.05) is 0 Å². The Morgan fingerprint density at radius 2 is 1.55 bits per heavy atom. The molecule has 0 aromatic heterocycles. The summed E-state index contributed by atoms with van der Waals surface area (Å²) in [6.07, 6.45) is -1.43. The van der Waals surface area contributed by atoms with E-state index in [1.807, 2.05) is 0 Å². The van der Waals surface area contributed by atoms with Crippen LogP contribution in [0.5, 0.6) is 0 Å². The summed E-state index contributed by atoms with van der Waals surface area (Å²) in [4.78, 5) is 34.6. The third-order valence-electron chi connectivity index (χ3n) is 2.97. The second-order valence-corrected chi connectivity index (χ2v) is 4.85. The summed E-state index contributed by atoms with van der Waals surface area (Å²) in [6.45, 7) is 8.09. The summed E-state index contributed by atoms with van der Waals surface area (Å²) < 4.78 is 10.2. The van der Waals surface area contributed by atoms with Crippen LogP contribution >= 0.6 is 0 Å². The quantitative estimate of drug-likeness (QED) is 0.641. The van der Waals surface area contributed by atoms with E-state index in [0.29, 0.717) is 0 Å². The van der Waals surface area contributed by atoms with Crippen LogP contribution in [-0.2, 0) is 14.3 Å². The lowest BCUT2D eigenvalue weighted by Crippen LogP contribution is -2.31. The van der Waals surface area contributed by atoms with E-state index in [1.165, 1.54) is 31.2 Å². The van der Waals surface area contributed by atoms with Crippen molar-refractivity contribution in [2.45, 2.75) is 33.0 Å². The number of carbonyl (C=O) groups excluding carboxylic acids is 2. The topological polar surface area (TPSA) is 89.9 Å². The second kappa shape index (κ2) is 7.40. The summed E-state index contributed by atoms with van der Waals surface area (Å²) in [5.41, 5.74) is 0.0353. The maximum Gasteiger partial charge on any atom is 0.339 e. The van der Waals surface area contributed by atoms with Crippen LogP contribution in [0.3, 0.4) is 0 Å². The molecule has 0 amide bonds. The molecule has 0 aliphatic rings. The van der Waals surface area contributed by atoms with Gasteiger partial charge in [0.1, 0.15) is 12.2 Å². The summed E-state index contributed by atoms with van der Waals surface area (Å²) in [7, 11) is 0. The molecule has 6 heteroatoms. The molecule has 1 N–H and O–H groups in total. The molecule has 1 aromatic rings. The molecule has 0 bridgehead atoms. The van der Waals surface area contributed by atoms with Gasteiger partial charge in [0.15, 0.2) is 0 Å². The van der Waals surface area contributed by atoms with Gasteiger partial charge in [-0.3, -0.25) is 0 Å². The van der Waals surface area contributed by atoms with Crippen LogP contribution in [0.25, 0.3) is 0 Å². The minimum absolute atomic E-state index is 0.0553. The number of hydrogen-bond acceptors (Lipinski definition) is 5. The van der Waals surface area contributed by atoms with Gasteiger partial charge in [-0.1, -0.05) is 18.7 Å². The molecule has 2 unspecified atom stereocenters. The van der Waals surface area contributed by atoms with Crippen molar-refractivity contribution in [3.05, 3.63) is 47.5 Å². The van der Waals surface area contributed by atoms with Crippen LogP contribution in [0, 0.1) is 0 Å². The molecule has 0 aliphatic heterocycles. The third kappa shape index (κ3) is 4.44. The fourth-order valence-electron chi connectivity index (χ4n) is 1.54. The number of carboxylic acids is 1. The van der Waals surface area contributed by atoms with Crippen molar-refractivity contribution in [3.63, 3.8) is 0 Å². The average Bonchev–Trinajstić information content (AvgIpc) is 2.46. The highest BCUT2D eigenvalue weighted by atomic mass is 16.6. The lowest BCUT2D eigenvalue weighted by molar-refractivity contribution is -0.148. The van der Waals surface area contributed by atoms with Gasteiger partial charge in [-0.25, -0.2) is 14.4 Å². The Balaban J connectivity index is 2.78. The van der Waals surface area contributed by atoms with Crippen LogP contribution in [0.2, 0.25) is 0 Å². The van der Waals surface area contributed by atoms with Crippen LogP contribution in [0.4, 0.5) is 0 Å². The molecule has 0 aliphatic carbocycles. The number of ether oxygens (including phenoxy) is 2. The van der Waals surface area contributed by atoms with Crippen molar-refractivity contribution >= 4 is 17.9 Å². The molecule has 6 nitrogen and oxygen atoms in total. The van der Waals surface area contributed by atoms with Gasteiger partial charge in [-0.15, -0.1) is 0 Å². The van der Waals surface area contributed by atoms with Gasteiger partial charge in [0, 0.05) is 5.57 Å². The summed E-state index contributed by atoms with van der Waals surface area (Å²) in [5, 5.41) is 9.05. The summed E-state index contributed by atoms with van der Waals surface area (Å²) >= 11 is 0. The molecule has 0 heterocycles. The molecule has 1 aromatic carbocycles. The van der Waals surface area contributed by atoms with E-state index >= 15 is 0 Å². The van der Waals surface area contributed by atoms with Crippen LogP contribution < -0.4 is 0 Å². The SMILES string of the molecule is C=C(C)C(=O)OC(C)C(C)OC(=O)c1ccccc1C(=O)O. The lowest BCUT2D eigenvalue weighted by Gasteiger charge is -2.21. The molecule has 0 radical (unpaired) electrons. The minimum atomic E-state index is -1.22. The zero-order valence-corrected chi connectivity index (χ0v) is 12.7. The van der Waals surface area contributed by atoms with E-state index in [-0.39, 0.29) is 16.7 Å². The molecule has 0 fully saturated rings. The second-order valence-electron chi connectivity index (χ2n) is 4.85. The molecule has 1 rings (SSSR count). The number of aromatic carboxylic acids is 1. The van der Waals surface area contributed by atoms with Crippen molar-refractivity contribution in [2.24, 2.45) is 0 Å². The number of carbonyl (C=O) groups is 3. The van der Waals surface area contributed by atoms with Crippen molar-refractivity contribution in [3.8, 4) is 0 Å². The maximum atomic E-state index is 12.1. The molecule has 22 heavy (non-hydrogen) atoms. The normalized spacial score (nSPS) is 12.9. The first-order valence-corrected chi connectivity index (χ1v) is 6.63. The van der Waals surface area contributed by atoms with Crippen molar-refractivity contribution < 1.29 is 29.0 Å². The van der Waals surface area contributed by atoms with E-state index in [0.717, 1.165) is 0 Å². The third-order valence-corrected chi connectivity index (χ3v) is 2.97. The van der Waals surface area contributed by atoms with Crippen molar-refractivity contribution in [1.29, 1.82) is 0 Å². The lowest BCUT2D eigenvalue weighted by atomic mass is 10.1. The molecule has 2 atom stereocenters. The van der Waals surface area contributed by atoms with E-state index in [4.69, 9.17) is 14.6 Å². The van der Waals surface area contributed by atoms with Gasteiger partial charge >= 0.3 is 17.9 Å². The first-order chi connectivity index (χ1) is 10.2. The Morgan fingerprint density at radius 3 is 2.05 bits per heavy atom. The predicted octanol–water partition coefficient (Wildman–Crippen LogP) is 2.44. The standard InChI is InChI=1S/C16H18O6/c1-9(2)15(19)21-10(3)11(4)22-16(20)13-8-6-5-7-12(13)14(17)18/h5-8,10-11H,1H2,2-4H3,(H,17,18). The van der Waals surface area contributed by atoms with E-state index in [9.17, 15) is 14.4 Å². The van der Waals surface area contributed by atoms with Gasteiger partial charge in [-0.2, -0.15) is 0 Å². The zero-order valence-electron chi connectivity index (χ0n) is 12.7. The van der Waals surface area contributed by atoms with E-state index in [1.54, 1.807) is 13.8 Å². The van der Waals surface area contributed by atoms with Gasteiger partial charge in [0.25, 0.3) is 0 Å². The van der Waals surface area contributed by atoms with Crippen LogP contribution in [-0.4, -0.2) is 35.2 Å². The van der Waals surface area contributed by atoms with E-state index < -0.39 is 30.1 Å². The fourth-order valence-corrected chi connectivity index (χ4v) is 1.54. The highest BCUT2D eigenvalue weighted by molar-refractivity contribution is 6.02. The Bertz CT molecular complexity index is 604. The van der Waals surface area contributed by atoms with Crippen LogP contribution in [0.15, 0.2) is 36.4 Å². The molecule has 0 spiro atoms. The fraction of sp³-hybridized carbons (Fsp3) is 0.312. The Morgan fingerprint density at radius 1 is 1.05 bits per heavy atom. The van der Waals surface area contributed by atoms with Gasteiger partial charge < -0.3 is 14.6 Å². The molecule has 0 saturated heterocycles. The predicted molar refractivity (Wildman–Crippen MR) is 78.6 cm³/mol. The average molecular weight is 306 g/mol. The Labute approximate surface area is 128 Å². The van der Waals surface area contributed by atoms with E-state index in [2.05, 4.69) is 6.58 Å². The number of carboxylic acid groups (broad SMARTS) is 1. The number of benzene rings is 1. The maximum absolute atomic E-state index is 12.1. The molecular formula is C16H18O6. The van der Waals surface area contributed by atoms with Gasteiger partial charge in [-0.05, 0) is 32.9 Å². The Hall–Kier alpha value is -2.63. The minimum Gasteiger partial charge on any atom is -0.478 e. The number of rotatable bonds is 6. The monoisotopic (exact) mass is 306 g/mol. The first-order valence-electron chi connectivity index (χ1n) is 6.63. The number of esters is 2. The molecular weight excluding hydrogens is 288 g/mol. The van der Waals surface area contributed by atoms with Gasteiger partial charge in [0.2, 0.25) is 0 Å². The highest BCUT2D eigenvalue weighted by Gasteiger charge is 2.24.